The van der Waals surface area contributed by atoms with Crippen LogP contribution in [0.25, 0.3) is 11.1 Å². The van der Waals surface area contributed by atoms with E-state index in [-0.39, 0.29) is 6.03 Å². The third-order valence-corrected chi connectivity index (χ3v) is 5.33. The molecule has 2 aromatic carbocycles. The van der Waals surface area contributed by atoms with Crippen molar-refractivity contribution < 1.29 is 4.79 Å². The van der Waals surface area contributed by atoms with E-state index in [0.717, 1.165) is 29.8 Å². The van der Waals surface area contributed by atoms with Gasteiger partial charge in [0.05, 0.1) is 0 Å². The Hall–Kier alpha value is -1.75. The average Bonchev–Trinajstić information content (AvgIpc) is 2.69. The summed E-state index contributed by atoms with van der Waals surface area (Å²) in [6, 6.07) is 12.8. The molecule has 0 aromatic heterocycles. The Kier molecular flexibility index (Phi) is 7.39. The zero-order chi connectivity index (χ0) is 19.1. The topological polar surface area (TPSA) is 44.4 Å². The molecule has 2 N–H and O–H groups in total. The lowest BCUT2D eigenvalue weighted by Crippen LogP contribution is -2.34. The van der Waals surface area contributed by atoms with Gasteiger partial charge in [-0.05, 0) is 74.8 Å². The number of hydrogen-bond donors (Lipinski definition) is 2. The predicted octanol–water partition coefficient (Wildman–Crippen LogP) is 5.66. The summed E-state index contributed by atoms with van der Waals surface area (Å²) in [5, 5.41) is 7.07. The molecule has 0 aliphatic carbocycles. The van der Waals surface area contributed by atoms with E-state index in [0.29, 0.717) is 16.6 Å². The van der Waals surface area contributed by atoms with Crippen LogP contribution in [0.5, 0.6) is 0 Å². The van der Waals surface area contributed by atoms with E-state index in [2.05, 4.69) is 15.5 Å². The third-order valence-electron chi connectivity index (χ3n) is 4.77. The number of rotatable bonds is 6. The predicted molar refractivity (Wildman–Crippen MR) is 114 cm³/mol. The molecule has 6 heteroatoms. The second-order valence-electron chi connectivity index (χ2n) is 6.84. The molecule has 3 rings (SSSR count). The number of nitrogens with one attached hydrogen (secondary N) is 2. The van der Waals surface area contributed by atoms with Crippen LogP contribution in [0.2, 0.25) is 10.0 Å². The summed E-state index contributed by atoms with van der Waals surface area (Å²) < 4.78 is 0. The minimum absolute atomic E-state index is 0.179. The van der Waals surface area contributed by atoms with E-state index in [1.807, 2.05) is 30.3 Å². The number of urea groups is 1. The second-order valence-corrected chi connectivity index (χ2v) is 7.68. The fourth-order valence-corrected chi connectivity index (χ4v) is 3.71. The van der Waals surface area contributed by atoms with Crippen molar-refractivity contribution >= 4 is 34.9 Å². The summed E-state index contributed by atoms with van der Waals surface area (Å²) in [6.45, 7) is 4.11. The first-order valence-corrected chi connectivity index (χ1v) is 10.2. The van der Waals surface area contributed by atoms with E-state index >= 15 is 0 Å². The van der Waals surface area contributed by atoms with Crippen molar-refractivity contribution in [3.8, 4) is 11.1 Å². The van der Waals surface area contributed by atoms with Crippen LogP contribution in [0, 0.1) is 0 Å². The summed E-state index contributed by atoms with van der Waals surface area (Å²) >= 11 is 12.3. The van der Waals surface area contributed by atoms with Crippen LogP contribution in [0.3, 0.4) is 0 Å². The van der Waals surface area contributed by atoms with Gasteiger partial charge in [0.15, 0.2) is 0 Å². The fraction of sp³-hybridized carbons (Fsp3) is 0.381. The van der Waals surface area contributed by atoms with Crippen LogP contribution in [0.4, 0.5) is 10.5 Å². The molecular formula is C21H25Cl2N3O. The van der Waals surface area contributed by atoms with Gasteiger partial charge in [0, 0.05) is 27.8 Å². The van der Waals surface area contributed by atoms with Gasteiger partial charge in [0.2, 0.25) is 0 Å². The number of carbonyl (C=O) groups excluding carboxylic acids is 1. The molecule has 0 atom stereocenters. The van der Waals surface area contributed by atoms with Crippen molar-refractivity contribution in [2.24, 2.45) is 0 Å². The monoisotopic (exact) mass is 405 g/mol. The van der Waals surface area contributed by atoms with Gasteiger partial charge in [-0.25, -0.2) is 4.79 Å². The van der Waals surface area contributed by atoms with Crippen molar-refractivity contribution in [1.29, 1.82) is 0 Å². The molecule has 4 nitrogen and oxygen atoms in total. The minimum Gasteiger partial charge on any atom is -0.338 e. The van der Waals surface area contributed by atoms with Crippen LogP contribution >= 0.6 is 23.2 Å². The molecule has 0 unspecified atom stereocenters. The Bertz CT molecular complexity index is 759. The lowest BCUT2D eigenvalue weighted by Gasteiger charge is -2.26. The van der Waals surface area contributed by atoms with Crippen molar-refractivity contribution in [3.63, 3.8) is 0 Å². The van der Waals surface area contributed by atoms with Gasteiger partial charge in [0.25, 0.3) is 0 Å². The smallest absolute Gasteiger partial charge is 0.319 e. The van der Waals surface area contributed by atoms with E-state index < -0.39 is 0 Å². The summed E-state index contributed by atoms with van der Waals surface area (Å²) in [6.07, 6.45) is 4.91. The van der Waals surface area contributed by atoms with Gasteiger partial charge in [-0.1, -0.05) is 41.8 Å². The van der Waals surface area contributed by atoms with Crippen molar-refractivity contribution in [3.05, 3.63) is 52.5 Å². The molecule has 1 aliphatic rings. The van der Waals surface area contributed by atoms with E-state index in [9.17, 15) is 4.79 Å². The lowest BCUT2D eigenvalue weighted by atomic mass is 10.1. The summed E-state index contributed by atoms with van der Waals surface area (Å²) in [7, 11) is 0. The number of halogens is 2. The van der Waals surface area contributed by atoms with Gasteiger partial charge < -0.3 is 15.5 Å². The molecule has 0 radical (unpaired) electrons. The van der Waals surface area contributed by atoms with E-state index in [1.54, 1.807) is 12.1 Å². The van der Waals surface area contributed by atoms with Crippen molar-refractivity contribution in [2.45, 2.75) is 25.7 Å². The number of benzene rings is 2. The highest BCUT2D eigenvalue weighted by Crippen LogP contribution is 2.31. The molecule has 27 heavy (non-hydrogen) atoms. The fourth-order valence-electron chi connectivity index (χ4n) is 3.31. The number of piperidine rings is 1. The zero-order valence-electron chi connectivity index (χ0n) is 15.3. The molecule has 0 spiro atoms. The molecule has 0 bridgehead atoms. The maximum Gasteiger partial charge on any atom is 0.319 e. The molecule has 1 heterocycles. The molecule has 1 fully saturated rings. The van der Waals surface area contributed by atoms with Gasteiger partial charge in [-0.15, -0.1) is 0 Å². The summed E-state index contributed by atoms with van der Waals surface area (Å²) in [5.41, 5.74) is 2.57. The van der Waals surface area contributed by atoms with E-state index in [1.165, 1.54) is 32.4 Å². The molecule has 1 saturated heterocycles. The molecule has 2 amide bonds. The highest BCUT2D eigenvalue weighted by molar-refractivity contribution is 6.35. The van der Waals surface area contributed by atoms with Crippen molar-refractivity contribution in [2.75, 3.05) is 31.5 Å². The quantitative estimate of drug-likeness (QED) is 0.608. The van der Waals surface area contributed by atoms with Gasteiger partial charge >= 0.3 is 6.03 Å². The number of likely N-dealkylation sites (tertiary alicyclic amines) is 1. The van der Waals surface area contributed by atoms with Gasteiger partial charge in [-0.3, -0.25) is 0 Å². The number of nitrogens with zero attached hydrogens (tertiary/aromatic N) is 1. The first-order chi connectivity index (χ1) is 13.1. The first-order valence-electron chi connectivity index (χ1n) is 9.44. The molecular weight excluding hydrogens is 381 g/mol. The molecule has 2 aromatic rings. The Balaban J connectivity index is 1.45. The largest absolute Gasteiger partial charge is 0.338 e. The maximum atomic E-state index is 12.0. The molecule has 1 aliphatic heterocycles. The highest BCUT2D eigenvalue weighted by Gasteiger charge is 2.09. The second kappa shape index (κ2) is 9.98. The Morgan fingerprint density at radius 2 is 1.74 bits per heavy atom. The van der Waals surface area contributed by atoms with E-state index in [4.69, 9.17) is 23.2 Å². The van der Waals surface area contributed by atoms with Gasteiger partial charge in [-0.2, -0.15) is 0 Å². The SMILES string of the molecule is O=C(NCCCN1CCCCC1)Nc1ccc(-c2cc(Cl)ccc2Cl)cc1. The van der Waals surface area contributed by atoms with Crippen LogP contribution in [0.1, 0.15) is 25.7 Å². The minimum atomic E-state index is -0.179. The first kappa shape index (κ1) is 20.0. The summed E-state index contributed by atoms with van der Waals surface area (Å²) in [5.74, 6) is 0. The Morgan fingerprint density at radius 3 is 2.48 bits per heavy atom. The lowest BCUT2D eigenvalue weighted by molar-refractivity contribution is 0.224. The average molecular weight is 406 g/mol. The maximum absolute atomic E-state index is 12.0. The van der Waals surface area contributed by atoms with Gasteiger partial charge in [0.1, 0.15) is 0 Å². The molecule has 144 valence electrons. The normalized spacial score (nSPS) is 14.7. The molecule has 0 saturated carbocycles. The zero-order valence-corrected chi connectivity index (χ0v) is 16.8. The standard InChI is InChI=1S/C21H25Cl2N3O/c22-17-7-10-20(23)19(15-17)16-5-8-18(9-6-16)25-21(27)24-11-4-14-26-12-2-1-3-13-26/h5-10,15H,1-4,11-14H2,(H2,24,25,27). The highest BCUT2D eigenvalue weighted by atomic mass is 35.5. The van der Waals surface area contributed by atoms with Crippen LogP contribution in [-0.2, 0) is 0 Å². The number of anilines is 1. The summed E-state index contributed by atoms with van der Waals surface area (Å²) in [4.78, 5) is 14.5. The number of hydrogen-bond acceptors (Lipinski definition) is 2. The Labute approximate surface area is 170 Å². The third kappa shape index (κ3) is 6.13. The van der Waals surface area contributed by atoms with Crippen LogP contribution in [0.15, 0.2) is 42.5 Å². The number of amides is 2. The van der Waals surface area contributed by atoms with Crippen LogP contribution < -0.4 is 10.6 Å². The van der Waals surface area contributed by atoms with Crippen LogP contribution in [-0.4, -0.2) is 37.1 Å². The Morgan fingerprint density at radius 1 is 1.00 bits per heavy atom. The number of carbonyl (C=O) groups is 1. The van der Waals surface area contributed by atoms with Crippen molar-refractivity contribution in [1.82, 2.24) is 10.2 Å².